The number of hydrogen-bond acceptors (Lipinski definition) is 4. The lowest BCUT2D eigenvalue weighted by Crippen LogP contribution is -2.38. The molecule has 2 amide bonds. The molecule has 1 fully saturated rings. The summed E-state index contributed by atoms with van der Waals surface area (Å²) in [5.74, 6) is 0.702. The van der Waals surface area contributed by atoms with Crippen molar-refractivity contribution in [3.05, 3.63) is 59.7 Å². The van der Waals surface area contributed by atoms with Gasteiger partial charge in [0.1, 0.15) is 5.75 Å². The maximum atomic E-state index is 12.9. The van der Waals surface area contributed by atoms with Crippen LogP contribution in [0.1, 0.15) is 32.3 Å². The maximum absolute atomic E-state index is 12.9. The summed E-state index contributed by atoms with van der Waals surface area (Å²) < 4.78 is 5.89. The molecule has 0 bridgehead atoms. The number of aromatic nitrogens is 2. The van der Waals surface area contributed by atoms with Gasteiger partial charge in [0, 0.05) is 49.0 Å². The number of carbonyl (C=O) groups excluding carboxylic acids is 2. The normalized spacial score (nSPS) is 15.6. The Morgan fingerprint density at radius 2 is 2.12 bits per heavy atom. The predicted octanol–water partition coefficient (Wildman–Crippen LogP) is 4.59. The van der Waals surface area contributed by atoms with Crippen LogP contribution in [0.25, 0.3) is 15.7 Å². The van der Waals surface area contributed by atoms with Gasteiger partial charge in [0.15, 0.2) is 0 Å². The molecule has 1 aliphatic heterocycles. The number of amides is 2. The highest BCUT2D eigenvalue weighted by Gasteiger charge is 2.35. The second kappa shape index (κ2) is 11.8. The molecule has 0 aliphatic carbocycles. The summed E-state index contributed by atoms with van der Waals surface area (Å²) in [6, 6.07) is 9.14. The van der Waals surface area contributed by atoms with Gasteiger partial charge in [0.2, 0.25) is 17.7 Å². The Bertz CT molecular complexity index is 1190. The molecular weight excluding hydrogens is 470 g/mol. The Morgan fingerprint density at radius 3 is 2.79 bits per heavy atom. The molecule has 2 aromatic heterocycles. The Balaban J connectivity index is 0.00000204. The predicted molar refractivity (Wildman–Crippen MR) is 142 cm³/mol. The molecule has 10 heteroatoms. The largest absolute Gasteiger partial charge is 0.439 e. The fourth-order valence-electron chi connectivity index (χ4n) is 4.07. The zero-order valence-electron chi connectivity index (χ0n) is 19.1. The van der Waals surface area contributed by atoms with Gasteiger partial charge in [-0.3, -0.25) is 19.3 Å². The number of nitrogens with zero attached hydrogens (tertiary/aromatic N) is 3. The first-order valence-corrected chi connectivity index (χ1v) is 10.6. The van der Waals surface area contributed by atoms with E-state index in [1.807, 2.05) is 31.3 Å². The third-order valence-corrected chi connectivity index (χ3v) is 5.62. The number of nitrogens with one attached hydrogen (secondary N) is 2. The summed E-state index contributed by atoms with van der Waals surface area (Å²) in [7, 11) is 0. The van der Waals surface area contributed by atoms with Crippen molar-refractivity contribution in [1.82, 2.24) is 14.9 Å². The first-order valence-electron chi connectivity index (χ1n) is 10.6. The van der Waals surface area contributed by atoms with Gasteiger partial charge in [-0.05, 0) is 42.7 Å². The smallest absolute Gasteiger partial charge is 0.300 e. The number of carbonyl (C=O) groups is 2. The summed E-state index contributed by atoms with van der Waals surface area (Å²) in [5.41, 5.74) is 2.59. The van der Waals surface area contributed by atoms with Crippen molar-refractivity contribution in [1.29, 1.82) is 0 Å². The second-order valence-electron chi connectivity index (χ2n) is 8.08. The van der Waals surface area contributed by atoms with E-state index in [0.717, 1.165) is 29.3 Å². The van der Waals surface area contributed by atoms with Gasteiger partial charge in [0.05, 0.1) is 11.9 Å². The molecule has 2 N–H and O–H groups in total. The van der Waals surface area contributed by atoms with Gasteiger partial charge < -0.3 is 15.0 Å². The van der Waals surface area contributed by atoms with Crippen molar-refractivity contribution in [2.45, 2.75) is 39.3 Å². The van der Waals surface area contributed by atoms with Gasteiger partial charge in [0.25, 0.3) is 0 Å². The third-order valence-electron chi connectivity index (χ3n) is 5.62. The first-order chi connectivity index (χ1) is 15.4. The number of benzene rings is 1. The standard InChI is InChI=1S/C24H25N5O3.2H2S/c1-15(24(31)29-10-4-5-22(29)25-3)11-17-13-26-21-8-7-19(12-20(17)21)32-23-9-6-18(14-27-23)28-16(2)30;;/h6-9,12-15,22,26H,4-5,10-11H2,1-2H3,(H,28,30);2*1H2/t15-,22-;;/m0../s1. The zero-order valence-corrected chi connectivity index (χ0v) is 21.1. The van der Waals surface area contributed by atoms with Crippen molar-refractivity contribution in [2.24, 2.45) is 5.92 Å². The van der Waals surface area contributed by atoms with Crippen LogP contribution in [0.15, 0.2) is 42.7 Å². The minimum Gasteiger partial charge on any atom is -0.439 e. The lowest BCUT2D eigenvalue weighted by molar-refractivity contribution is -0.135. The summed E-state index contributed by atoms with van der Waals surface area (Å²) in [6.45, 7) is 11.3. The van der Waals surface area contributed by atoms with Crippen LogP contribution in [0.5, 0.6) is 11.6 Å². The number of aromatic amines is 1. The summed E-state index contributed by atoms with van der Waals surface area (Å²) >= 11 is 0. The van der Waals surface area contributed by atoms with Crippen molar-refractivity contribution in [3.8, 4) is 11.6 Å². The van der Waals surface area contributed by atoms with Crippen molar-refractivity contribution < 1.29 is 14.3 Å². The number of anilines is 1. The zero-order chi connectivity index (χ0) is 22.7. The van der Waals surface area contributed by atoms with Gasteiger partial charge in [-0.15, -0.1) is 0 Å². The highest BCUT2D eigenvalue weighted by Crippen LogP contribution is 2.29. The molecule has 0 spiro atoms. The van der Waals surface area contributed by atoms with E-state index in [1.54, 1.807) is 23.2 Å². The van der Waals surface area contributed by atoms with Crippen LogP contribution in [-0.2, 0) is 16.0 Å². The SMILES string of the molecule is S.S.[C-]#[N+][C@@H]1CCCN1C(=O)[C@@H](C)Cc1c[nH]c2ccc(Oc3ccc(NC(C)=O)cn3)cc12. The molecule has 1 aliphatic rings. The Hall–Kier alpha value is -3.16. The van der Waals surface area contributed by atoms with Crippen molar-refractivity contribution in [3.63, 3.8) is 0 Å². The third kappa shape index (κ3) is 6.04. The van der Waals surface area contributed by atoms with Gasteiger partial charge in [-0.1, -0.05) is 6.92 Å². The Morgan fingerprint density at radius 1 is 1.32 bits per heavy atom. The van der Waals surface area contributed by atoms with E-state index in [2.05, 4.69) is 20.1 Å². The number of ether oxygens (including phenoxy) is 1. The van der Waals surface area contributed by atoms with E-state index in [4.69, 9.17) is 11.3 Å². The molecule has 0 radical (unpaired) electrons. The number of rotatable bonds is 6. The average molecular weight is 500 g/mol. The molecular formula is C24H29N5O3S2. The maximum Gasteiger partial charge on any atom is 0.300 e. The first kappa shape index (κ1) is 27.1. The lowest BCUT2D eigenvalue weighted by Gasteiger charge is -2.20. The molecule has 2 atom stereocenters. The fraction of sp³-hybridized carbons (Fsp3) is 0.333. The Kier molecular flexibility index (Phi) is 9.41. The van der Waals surface area contributed by atoms with Crippen LogP contribution in [0.3, 0.4) is 0 Å². The summed E-state index contributed by atoms with van der Waals surface area (Å²) in [4.78, 5) is 36.8. The van der Waals surface area contributed by atoms with Crippen LogP contribution < -0.4 is 10.1 Å². The summed E-state index contributed by atoms with van der Waals surface area (Å²) in [6.07, 6.45) is 5.37. The number of H-pyrrole nitrogens is 1. The van der Waals surface area contributed by atoms with Crippen LogP contribution in [0, 0.1) is 12.5 Å². The van der Waals surface area contributed by atoms with E-state index < -0.39 is 0 Å². The Labute approximate surface area is 212 Å². The number of fused-ring (bicyclic) bond motifs is 1. The number of pyridine rings is 1. The fourth-order valence-corrected chi connectivity index (χ4v) is 4.07. The monoisotopic (exact) mass is 499 g/mol. The van der Waals surface area contributed by atoms with E-state index in [0.29, 0.717) is 30.3 Å². The van der Waals surface area contributed by atoms with Crippen LogP contribution >= 0.6 is 27.0 Å². The number of hydrogen-bond donors (Lipinski definition) is 2. The molecule has 1 aromatic carbocycles. The van der Waals surface area contributed by atoms with E-state index in [-0.39, 0.29) is 50.9 Å². The minimum atomic E-state index is -0.322. The lowest BCUT2D eigenvalue weighted by atomic mass is 9.99. The van der Waals surface area contributed by atoms with E-state index in [1.165, 1.54) is 6.92 Å². The molecule has 1 saturated heterocycles. The van der Waals surface area contributed by atoms with Crippen molar-refractivity contribution in [2.75, 3.05) is 11.9 Å². The van der Waals surface area contributed by atoms with Gasteiger partial charge >= 0.3 is 6.17 Å². The molecule has 34 heavy (non-hydrogen) atoms. The molecule has 0 unspecified atom stereocenters. The quantitative estimate of drug-likeness (QED) is 0.486. The van der Waals surface area contributed by atoms with E-state index >= 15 is 0 Å². The highest BCUT2D eigenvalue weighted by atomic mass is 32.1. The van der Waals surface area contributed by atoms with Gasteiger partial charge in [-0.2, -0.15) is 27.0 Å². The molecule has 3 aromatic rings. The van der Waals surface area contributed by atoms with Crippen LogP contribution in [-0.4, -0.2) is 39.4 Å². The summed E-state index contributed by atoms with van der Waals surface area (Å²) in [5, 5.41) is 3.66. The van der Waals surface area contributed by atoms with Crippen LogP contribution in [0.4, 0.5) is 5.69 Å². The average Bonchev–Trinajstić information content (AvgIpc) is 3.41. The van der Waals surface area contributed by atoms with Crippen molar-refractivity contribution >= 4 is 55.4 Å². The molecule has 180 valence electrons. The van der Waals surface area contributed by atoms with E-state index in [9.17, 15) is 9.59 Å². The molecule has 8 nitrogen and oxygen atoms in total. The van der Waals surface area contributed by atoms with Gasteiger partial charge in [-0.25, -0.2) is 11.6 Å². The number of likely N-dealkylation sites (tertiary alicyclic amines) is 1. The molecule has 4 rings (SSSR count). The second-order valence-corrected chi connectivity index (χ2v) is 8.08. The molecule has 3 heterocycles. The highest BCUT2D eigenvalue weighted by molar-refractivity contribution is 7.59. The van der Waals surface area contributed by atoms with Crippen LogP contribution in [0.2, 0.25) is 0 Å². The minimum absolute atomic E-state index is 0. The topological polar surface area (TPSA) is 91.7 Å². The molecule has 0 saturated carbocycles.